The van der Waals surface area contributed by atoms with Crippen LogP contribution >= 0.6 is 0 Å². The van der Waals surface area contributed by atoms with Crippen LogP contribution in [-0.2, 0) is 13.1 Å². The molecule has 0 fully saturated rings. The molecule has 29 heavy (non-hydrogen) atoms. The Hall–Kier alpha value is -3.27. The first kappa shape index (κ1) is 19.1. The monoisotopic (exact) mass is 386 g/mol. The molecule has 1 heterocycles. The van der Waals surface area contributed by atoms with Crippen LogP contribution in [0.3, 0.4) is 0 Å². The van der Waals surface area contributed by atoms with Gasteiger partial charge >= 0.3 is 0 Å². The average molecular weight is 386 g/mol. The molecule has 1 aliphatic heterocycles. The van der Waals surface area contributed by atoms with Gasteiger partial charge in [-0.25, -0.2) is 0 Å². The van der Waals surface area contributed by atoms with Crippen molar-refractivity contribution in [2.75, 3.05) is 11.5 Å². The van der Waals surface area contributed by atoms with Crippen molar-refractivity contribution < 1.29 is 9.84 Å². The minimum atomic E-state index is 0.144. The summed E-state index contributed by atoms with van der Waals surface area (Å²) in [5.74, 6) is 0.622. The van der Waals surface area contributed by atoms with Crippen molar-refractivity contribution in [2.45, 2.75) is 33.9 Å². The summed E-state index contributed by atoms with van der Waals surface area (Å²) in [5.41, 5.74) is 8.55. The highest BCUT2D eigenvalue weighted by atomic mass is 16.5. The lowest BCUT2D eigenvalue weighted by Crippen LogP contribution is -2.13. The maximum atomic E-state index is 9.81. The SMILES string of the molecule is CCOc1cc(C=Nc2ccc(N3Cc4cc(C)c(C)cc4C3)cc2)ccc1O. The summed E-state index contributed by atoms with van der Waals surface area (Å²) in [7, 11) is 0. The lowest BCUT2D eigenvalue weighted by molar-refractivity contribution is 0.318. The first-order valence-electron chi connectivity index (χ1n) is 9.97. The molecule has 0 saturated carbocycles. The summed E-state index contributed by atoms with van der Waals surface area (Å²) in [4.78, 5) is 6.95. The zero-order valence-corrected chi connectivity index (χ0v) is 17.1. The Morgan fingerprint density at radius 3 is 2.24 bits per heavy atom. The fourth-order valence-corrected chi connectivity index (χ4v) is 3.66. The molecule has 0 aromatic heterocycles. The highest BCUT2D eigenvalue weighted by Crippen LogP contribution is 2.31. The van der Waals surface area contributed by atoms with Gasteiger partial charge in [-0.05, 0) is 91.1 Å². The Balaban J connectivity index is 1.46. The van der Waals surface area contributed by atoms with E-state index in [2.05, 4.69) is 48.0 Å². The fraction of sp³-hybridized carbons (Fsp3) is 0.240. The molecule has 0 amide bonds. The molecule has 1 aliphatic rings. The Labute approximate surface area is 172 Å². The molecule has 1 N–H and O–H groups in total. The largest absolute Gasteiger partial charge is 0.504 e. The van der Waals surface area contributed by atoms with Crippen molar-refractivity contribution in [1.29, 1.82) is 0 Å². The van der Waals surface area contributed by atoms with Crippen molar-refractivity contribution in [1.82, 2.24) is 0 Å². The second-order valence-corrected chi connectivity index (χ2v) is 7.50. The van der Waals surface area contributed by atoms with Crippen LogP contribution in [-0.4, -0.2) is 17.9 Å². The van der Waals surface area contributed by atoms with Gasteiger partial charge in [0.05, 0.1) is 12.3 Å². The highest BCUT2D eigenvalue weighted by molar-refractivity contribution is 5.83. The summed E-state index contributed by atoms with van der Waals surface area (Å²) in [5, 5.41) is 9.81. The maximum absolute atomic E-state index is 9.81. The van der Waals surface area contributed by atoms with Crippen LogP contribution in [0.15, 0.2) is 59.6 Å². The number of anilines is 1. The molecule has 0 unspecified atom stereocenters. The van der Waals surface area contributed by atoms with Crippen molar-refractivity contribution in [3.63, 3.8) is 0 Å². The van der Waals surface area contributed by atoms with Gasteiger partial charge in [-0.1, -0.05) is 12.1 Å². The number of hydrogen-bond acceptors (Lipinski definition) is 4. The van der Waals surface area contributed by atoms with Crippen molar-refractivity contribution in [3.05, 3.63) is 82.4 Å². The van der Waals surface area contributed by atoms with Crippen molar-refractivity contribution >= 4 is 17.6 Å². The molecular formula is C25H26N2O2. The Kier molecular flexibility index (Phi) is 5.26. The molecule has 0 spiro atoms. The van der Waals surface area contributed by atoms with Gasteiger partial charge in [-0.15, -0.1) is 0 Å². The van der Waals surface area contributed by atoms with Crippen LogP contribution in [0.4, 0.5) is 11.4 Å². The zero-order chi connectivity index (χ0) is 20.4. The van der Waals surface area contributed by atoms with Crippen LogP contribution in [0.25, 0.3) is 0 Å². The molecule has 4 heteroatoms. The zero-order valence-electron chi connectivity index (χ0n) is 17.1. The summed E-state index contributed by atoms with van der Waals surface area (Å²) in [6.07, 6.45) is 1.79. The normalized spacial score (nSPS) is 13.1. The van der Waals surface area contributed by atoms with E-state index in [-0.39, 0.29) is 5.75 Å². The maximum Gasteiger partial charge on any atom is 0.161 e. The standard InChI is InChI=1S/C25H26N2O2/c1-4-29-25-13-19(5-10-24(25)28)14-26-22-6-8-23(9-7-22)27-15-20-11-17(2)18(3)12-21(20)16-27/h5-14,28H,4,15-16H2,1-3H3. The molecule has 3 aromatic carbocycles. The number of aryl methyl sites for hydroxylation is 2. The van der Waals surface area contributed by atoms with Gasteiger partial charge in [0.2, 0.25) is 0 Å². The van der Waals surface area contributed by atoms with E-state index >= 15 is 0 Å². The van der Waals surface area contributed by atoms with Gasteiger partial charge in [-0.2, -0.15) is 0 Å². The number of hydrogen-bond donors (Lipinski definition) is 1. The van der Waals surface area contributed by atoms with Crippen LogP contribution in [0.1, 0.15) is 34.7 Å². The van der Waals surface area contributed by atoms with E-state index in [0.717, 1.165) is 24.3 Å². The highest BCUT2D eigenvalue weighted by Gasteiger charge is 2.19. The number of fused-ring (bicyclic) bond motifs is 1. The third kappa shape index (κ3) is 4.11. The summed E-state index contributed by atoms with van der Waals surface area (Å²) in [6.45, 7) is 8.66. The molecular weight excluding hydrogens is 360 g/mol. The molecule has 0 atom stereocenters. The summed E-state index contributed by atoms with van der Waals surface area (Å²) < 4.78 is 5.43. The van der Waals surface area contributed by atoms with Gasteiger partial charge in [0.1, 0.15) is 0 Å². The lowest BCUT2D eigenvalue weighted by atomic mass is 10.0. The van der Waals surface area contributed by atoms with E-state index in [4.69, 9.17) is 4.74 Å². The van der Waals surface area contributed by atoms with E-state index in [1.807, 2.05) is 25.1 Å². The number of aromatic hydroxyl groups is 1. The molecule has 3 aromatic rings. The quantitative estimate of drug-likeness (QED) is 0.574. The smallest absolute Gasteiger partial charge is 0.161 e. The molecule has 0 aliphatic carbocycles. The Morgan fingerprint density at radius 2 is 1.62 bits per heavy atom. The second kappa shape index (κ2) is 8.00. The fourth-order valence-electron chi connectivity index (χ4n) is 3.66. The van der Waals surface area contributed by atoms with Crippen LogP contribution in [0.5, 0.6) is 11.5 Å². The molecule has 0 saturated heterocycles. The number of benzene rings is 3. The Morgan fingerprint density at radius 1 is 0.966 bits per heavy atom. The first-order valence-corrected chi connectivity index (χ1v) is 9.97. The van der Waals surface area contributed by atoms with Gasteiger partial charge in [0, 0.05) is 25.0 Å². The van der Waals surface area contributed by atoms with Crippen molar-refractivity contribution in [3.8, 4) is 11.5 Å². The number of phenolic OH excluding ortho intramolecular Hbond substituents is 1. The van der Waals surface area contributed by atoms with E-state index in [0.29, 0.717) is 12.4 Å². The first-order chi connectivity index (χ1) is 14.0. The Bertz CT molecular complexity index is 1020. The van der Waals surface area contributed by atoms with E-state index < -0.39 is 0 Å². The number of ether oxygens (including phenoxy) is 1. The van der Waals surface area contributed by atoms with E-state index in [9.17, 15) is 5.11 Å². The van der Waals surface area contributed by atoms with Crippen LogP contribution in [0.2, 0.25) is 0 Å². The molecule has 148 valence electrons. The number of aliphatic imine (C=N–C) groups is 1. The average Bonchev–Trinajstić information content (AvgIpc) is 3.12. The van der Waals surface area contributed by atoms with Gasteiger partial charge in [0.25, 0.3) is 0 Å². The number of nitrogens with zero attached hydrogens (tertiary/aromatic N) is 2. The van der Waals surface area contributed by atoms with Gasteiger partial charge in [-0.3, -0.25) is 4.99 Å². The predicted octanol–water partition coefficient (Wildman–Crippen LogP) is 5.68. The minimum absolute atomic E-state index is 0.144. The van der Waals surface area contributed by atoms with Crippen LogP contribution in [0, 0.1) is 13.8 Å². The van der Waals surface area contributed by atoms with Gasteiger partial charge < -0.3 is 14.7 Å². The lowest BCUT2D eigenvalue weighted by Gasteiger charge is -2.17. The topological polar surface area (TPSA) is 45.1 Å². The molecule has 0 bridgehead atoms. The number of rotatable bonds is 5. The third-order valence-corrected chi connectivity index (χ3v) is 5.40. The molecule has 0 radical (unpaired) electrons. The van der Waals surface area contributed by atoms with Gasteiger partial charge in [0.15, 0.2) is 11.5 Å². The van der Waals surface area contributed by atoms with Crippen molar-refractivity contribution in [2.24, 2.45) is 4.99 Å². The van der Waals surface area contributed by atoms with E-state index in [1.54, 1.807) is 18.3 Å². The molecule has 4 nitrogen and oxygen atoms in total. The van der Waals surface area contributed by atoms with E-state index in [1.165, 1.54) is 27.9 Å². The van der Waals surface area contributed by atoms with Crippen LogP contribution < -0.4 is 9.64 Å². The second-order valence-electron chi connectivity index (χ2n) is 7.50. The minimum Gasteiger partial charge on any atom is -0.504 e. The summed E-state index contributed by atoms with van der Waals surface area (Å²) in [6, 6.07) is 18.2. The summed E-state index contributed by atoms with van der Waals surface area (Å²) >= 11 is 0. The molecule has 4 rings (SSSR count). The third-order valence-electron chi connectivity index (χ3n) is 5.40. The predicted molar refractivity (Wildman–Crippen MR) is 119 cm³/mol. The number of phenols is 1.